The number of nitriles is 1. The van der Waals surface area contributed by atoms with E-state index in [1.165, 1.54) is 19.3 Å². The molecule has 17 heavy (non-hydrogen) atoms. The first-order valence-corrected chi connectivity index (χ1v) is 6.27. The highest BCUT2D eigenvalue weighted by Gasteiger charge is 2.18. The Morgan fingerprint density at radius 3 is 2.71 bits per heavy atom. The highest BCUT2D eigenvalue weighted by atomic mass is 14.9. The zero-order chi connectivity index (χ0) is 12.1. The van der Waals surface area contributed by atoms with Crippen LogP contribution in [0.2, 0.25) is 0 Å². The molecule has 2 rings (SSSR count). The fourth-order valence-electron chi connectivity index (χ4n) is 2.44. The molecule has 0 radical (unpaired) electrons. The van der Waals surface area contributed by atoms with Gasteiger partial charge in [0.25, 0.3) is 0 Å². The summed E-state index contributed by atoms with van der Waals surface area (Å²) in [4.78, 5) is 0. The second-order valence-electron chi connectivity index (χ2n) is 4.86. The van der Waals surface area contributed by atoms with Crippen LogP contribution in [-0.2, 0) is 0 Å². The van der Waals surface area contributed by atoms with Crippen molar-refractivity contribution in [1.82, 2.24) is 0 Å². The SMILES string of the molecule is N#Cc1ccc(NCC2CCCC(N)C2)cc1. The third-order valence-corrected chi connectivity index (χ3v) is 3.43. The lowest BCUT2D eigenvalue weighted by Gasteiger charge is -2.27. The number of nitrogens with one attached hydrogen (secondary N) is 1. The summed E-state index contributed by atoms with van der Waals surface area (Å²) in [6.45, 7) is 0.986. The Morgan fingerprint density at radius 1 is 1.29 bits per heavy atom. The Balaban J connectivity index is 1.83. The first-order valence-electron chi connectivity index (χ1n) is 6.27. The molecule has 1 saturated carbocycles. The summed E-state index contributed by atoms with van der Waals surface area (Å²) in [5.74, 6) is 0.689. The summed E-state index contributed by atoms with van der Waals surface area (Å²) in [6.07, 6.45) is 4.83. The van der Waals surface area contributed by atoms with E-state index in [-0.39, 0.29) is 0 Å². The maximum absolute atomic E-state index is 8.71. The van der Waals surface area contributed by atoms with Gasteiger partial charge in [0.15, 0.2) is 0 Å². The molecule has 1 aromatic carbocycles. The van der Waals surface area contributed by atoms with Gasteiger partial charge in [-0.05, 0) is 49.4 Å². The number of hydrogen-bond acceptors (Lipinski definition) is 3. The molecular formula is C14H19N3. The number of rotatable bonds is 3. The van der Waals surface area contributed by atoms with E-state index in [4.69, 9.17) is 11.0 Å². The molecule has 3 nitrogen and oxygen atoms in total. The van der Waals surface area contributed by atoms with Gasteiger partial charge in [-0.15, -0.1) is 0 Å². The number of nitrogens with two attached hydrogens (primary N) is 1. The van der Waals surface area contributed by atoms with Crippen LogP contribution in [0.25, 0.3) is 0 Å². The standard InChI is InChI=1S/C14H19N3/c15-9-11-4-6-14(7-5-11)17-10-12-2-1-3-13(16)8-12/h4-7,12-13,17H,1-3,8,10,16H2. The average molecular weight is 229 g/mol. The summed E-state index contributed by atoms with van der Waals surface area (Å²) < 4.78 is 0. The molecule has 1 fully saturated rings. The van der Waals surface area contributed by atoms with Crippen molar-refractivity contribution < 1.29 is 0 Å². The Kier molecular flexibility index (Phi) is 4.00. The second kappa shape index (κ2) is 5.70. The summed E-state index contributed by atoms with van der Waals surface area (Å²) in [6, 6.07) is 10.1. The van der Waals surface area contributed by atoms with E-state index < -0.39 is 0 Å². The highest BCUT2D eigenvalue weighted by Crippen LogP contribution is 2.23. The monoisotopic (exact) mass is 229 g/mol. The highest BCUT2D eigenvalue weighted by molar-refractivity contribution is 5.47. The van der Waals surface area contributed by atoms with Crippen molar-refractivity contribution in [3.05, 3.63) is 29.8 Å². The molecule has 0 heterocycles. The molecule has 3 heteroatoms. The minimum absolute atomic E-state index is 0.386. The van der Waals surface area contributed by atoms with Crippen LogP contribution in [0, 0.1) is 17.2 Å². The van der Waals surface area contributed by atoms with E-state index in [2.05, 4.69) is 11.4 Å². The van der Waals surface area contributed by atoms with Gasteiger partial charge < -0.3 is 11.1 Å². The van der Waals surface area contributed by atoms with Gasteiger partial charge in [0.2, 0.25) is 0 Å². The van der Waals surface area contributed by atoms with Crippen LogP contribution in [0.5, 0.6) is 0 Å². The summed E-state index contributed by atoms with van der Waals surface area (Å²) in [7, 11) is 0. The molecule has 0 bridgehead atoms. The van der Waals surface area contributed by atoms with Crippen molar-refractivity contribution in [2.45, 2.75) is 31.7 Å². The van der Waals surface area contributed by atoms with E-state index in [1.54, 1.807) is 0 Å². The summed E-state index contributed by atoms with van der Waals surface area (Å²) >= 11 is 0. The summed E-state index contributed by atoms with van der Waals surface area (Å²) in [5.41, 5.74) is 7.76. The molecular weight excluding hydrogens is 210 g/mol. The Hall–Kier alpha value is -1.53. The Bertz CT molecular complexity index is 391. The quantitative estimate of drug-likeness (QED) is 0.837. The topological polar surface area (TPSA) is 61.8 Å². The lowest BCUT2D eigenvalue weighted by atomic mass is 9.86. The van der Waals surface area contributed by atoms with Crippen molar-refractivity contribution in [2.24, 2.45) is 11.7 Å². The maximum atomic E-state index is 8.71. The minimum atomic E-state index is 0.386. The van der Waals surface area contributed by atoms with Gasteiger partial charge in [0, 0.05) is 18.3 Å². The molecule has 0 amide bonds. The van der Waals surface area contributed by atoms with Gasteiger partial charge in [-0.3, -0.25) is 0 Å². The van der Waals surface area contributed by atoms with E-state index in [1.807, 2.05) is 24.3 Å². The third kappa shape index (κ3) is 3.47. The average Bonchev–Trinajstić information content (AvgIpc) is 2.37. The van der Waals surface area contributed by atoms with Crippen LogP contribution in [0.1, 0.15) is 31.2 Å². The van der Waals surface area contributed by atoms with Gasteiger partial charge in [-0.2, -0.15) is 5.26 Å². The minimum Gasteiger partial charge on any atom is -0.385 e. The Morgan fingerprint density at radius 2 is 2.06 bits per heavy atom. The fraction of sp³-hybridized carbons (Fsp3) is 0.500. The van der Waals surface area contributed by atoms with Crippen LogP contribution < -0.4 is 11.1 Å². The smallest absolute Gasteiger partial charge is 0.0991 e. The van der Waals surface area contributed by atoms with Crippen LogP contribution in [0.15, 0.2) is 24.3 Å². The van der Waals surface area contributed by atoms with Gasteiger partial charge in [-0.25, -0.2) is 0 Å². The first kappa shape index (κ1) is 11.9. The molecule has 2 unspecified atom stereocenters. The number of nitrogens with zero attached hydrogens (tertiary/aromatic N) is 1. The fourth-order valence-corrected chi connectivity index (χ4v) is 2.44. The number of hydrogen-bond donors (Lipinski definition) is 2. The molecule has 3 N–H and O–H groups in total. The zero-order valence-corrected chi connectivity index (χ0v) is 10.0. The van der Waals surface area contributed by atoms with Crippen molar-refractivity contribution in [1.29, 1.82) is 5.26 Å². The molecule has 1 aliphatic carbocycles. The third-order valence-electron chi connectivity index (χ3n) is 3.43. The summed E-state index contributed by atoms with van der Waals surface area (Å²) in [5, 5.41) is 12.1. The van der Waals surface area contributed by atoms with Crippen LogP contribution in [-0.4, -0.2) is 12.6 Å². The van der Waals surface area contributed by atoms with Crippen LogP contribution in [0.3, 0.4) is 0 Å². The molecule has 0 aliphatic heterocycles. The normalized spacial score (nSPS) is 24.0. The van der Waals surface area contributed by atoms with Gasteiger partial charge >= 0.3 is 0 Å². The lowest BCUT2D eigenvalue weighted by Crippen LogP contribution is -2.30. The lowest BCUT2D eigenvalue weighted by molar-refractivity contribution is 0.335. The largest absolute Gasteiger partial charge is 0.385 e. The maximum Gasteiger partial charge on any atom is 0.0991 e. The Labute approximate surface area is 103 Å². The van der Waals surface area contributed by atoms with Gasteiger partial charge in [0.1, 0.15) is 0 Å². The molecule has 0 aromatic heterocycles. The van der Waals surface area contributed by atoms with Crippen molar-refractivity contribution in [2.75, 3.05) is 11.9 Å². The van der Waals surface area contributed by atoms with Gasteiger partial charge in [0.05, 0.1) is 11.6 Å². The molecule has 90 valence electrons. The molecule has 1 aromatic rings. The predicted octanol–water partition coefficient (Wildman–Crippen LogP) is 2.49. The van der Waals surface area contributed by atoms with Gasteiger partial charge in [-0.1, -0.05) is 6.42 Å². The van der Waals surface area contributed by atoms with E-state index in [0.29, 0.717) is 17.5 Å². The molecule has 0 saturated heterocycles. The molecule has 0 spiro atoms. The van der Waals surface area contributed by atoms with Crippen molar-refractivity contribution in [3.63, 3.8) is 0 Å². The van der Waals surface area contributed by atoms with Crippen LogP contribution >= 0.6 is 0 Å². The van der Waals surface area contributed by atoms with Crippen LogP contribution in [0.4, 0.5) is 5.69 Å². The predicted molar refractivity (Wildman–Crippen MR) is 69.6 cm³/mol. The van der Waals surface area contributed by atoms with E-state index in [9.17, 15) is 0 Å². The second-order valence-corrected chi connectivity index (χ2v) is 4.86. The molecule has 1 aliphatic rings. The van der Waals surface area contributed by atoms with E-state index in [0.717, 1.165) is 18.7 Å². The molecule has 2 atom stereocenters. The first-order chi connectivity index (χ1) is 8.28. The van der Waals surface area contributed by atoms with Crippen molar-refractivity contribution >= 4 is 5.69 Å². The number of benzene rings is 1. The van der Waals surface area contributed by atoms with E-state index >= 15 is 0 Å². The van der Waals surface area contributed by atoms with Crippen molar-refractivity contribution in [3.8, 4) is 6.07 Å². The number of anilines is 1. The zero-order valence-electron chi connectivity index (χ0n) is 10.0.